The van der Waals surface area contributed by atoms with E-state index >= 15 is 0 Å². The van der Waals surface area contributed by atoms with E-state index < -0.39 is 11.9 Å². The molecule has 0 bridgehead atoms. The Balaban J connectivity index is 0.707. The van der Waals surface area contributed by atoms with Gasteiger partial charge in [0.1, 0.15) is 18.1 Å². The van der Waals surface area contributed by atoms with Gasteiger partial charge in [-0.05, 0) is 84.8 Å². The fraction of sp³-hybridized carbons (Fsp3) is 0.383. The third kappa shape index (κ3) is 8.80. The Bertz CT molecular complexity index is 2550. The van der Waals surface area contributed by atoms with Crippen molar-refractivity contribution in [2.45, 2.75) is 70.1 Å². The number of carbonyl (C=O) groups is 5. The summed E-state index contributed by atoms with van der Waals surface area (Å²) in [5.74, 6) is 0.857. The zero-order valence-corrected chi connectivity index (χ0v) is 35.6. The van der Waals surface area contributed by atoms with Crippen molar-refractivity contribution in [2.75, 3.05) is 49.5 Å². The predicted molar refractivity (Wildman–Crippen MR) is 235 cm³/mol. The number of rotatable bonds is 14. The highest BCUT2D eigenvalue weighted by atomic mass is 16.2. The average molecular weight is 850 g/mol. The lowest BCUT2D eigenvalue weighted by Crippen LogP contribution is -2.64. The first kappa shape index (κ1) is 41.5. The zero-order chi connectivity index (χ0) is 43.6. The van der Waals surface area contributed by atoms with Crippen molar-refractivity contribution in [2.24, 2.45) is 7.05 Å². The summed E-state index contributed by atoms with van der Waals surface area (Å²) in [4.78, 5) is 80.7. The molecule has 2 atom stereocenters. The SMILES string of the molecule is C[C@@H](CCCC(=O)c1cccc(NCc2nnc(-c3ccncn3)n2C)c1)c1cccc(C(=O)N2CC(N3CCN(c4ccc5c(c4)CN(C4CCC(=O)NC4=O)C5=O)CC3)C2)c1. The monoisotopic (exact) mass is 849 g/mol. The average Bonchev–Trinajstić information content (AvgIpc) is 3.83. The van der Waals surface area contributed by atoms with Crippen LogP contribution < -0.4 is 15.5 Å². The van der Waals surface area contributed by atoms with Crippen molar-refractivity contribution in [1.29, 1.82) is 0 Å². The van der Waals surface area contributed by atoms with Gasteiger partial charge in [0, 0.05) is 106 Å². The maximum atomic E-state index is 13.6. The Labute approximate surface area is 365 Å². The number of ketones is 1. The minimum Gasteiger partial charge on any atom is -0.378 e. The summed E-state index contributed by atoms with van der Waals surface area (Å²) in [6.45, 7) is 7.75. The first-order valence-corrected chi connectivity index (χ1v) is 21.8. The van der Waals surface area contributed by atoms with E-state index in [1.54, 1.807) is 17.2 Å². The van der Waals surface area contributed by atoms with E-state index in [1.165, 1.54) is 6.33 Å². The predicted octanol–water partition coefficient (Wildman–Crippen LogP) is 4.45. The molecular formula is C47H51N11O5. The number of carbonyl (C=O) groups excluding carboxylic acids is 5. The number of piperidine rings is 1. The summed E-state index contributed by atoms with van der Waals surface area (Å²) in [5, 5.41) is 14.3. The van der Waals surface area contributed by atoms with E-state index in [4.69, 9.17) is 0 Å². The van der Waals surface area contributed by atoms with E-state index in [-0.39, 0.29) is 35.8 Å². The summed E-state index contributed by atoms with van der Waals surface area (Å²) >= 11 is 0. The molecule has 0 spiro atoms. The fourth-order valence-corrected chi connectivity index (χ4v) is 9.14. The van der Waals surface area contributed by atoms with Gasteiger partial charge in [0.2, 0.25) is 11.8 Å². The zero-order valence-electron chi connectivity index (χ0n) is 35.6. The summed E-state index contributed by atoms with van der Waals surface area (Å²) in [5.41, 5.74) is 6.55. The topological polar surface area (TPSA) is 179 Å². The number of nitrogens with zero attached hydrogens (tertiary/aromatic N) is 9. The molecule has 1 unspecified atom stereocenters. The normalized spacial score (nSPS) is 18.5. The lowest BCUT2D eigenvalue weighted by Gasteiger charge is -2.48. The van der Waals surface area contributed by atoms with Gasteiger partial charge in [-0.2, -0.15) is 0 Å². The summed E-state index contributed by atoms with van der Waals surface area (Å²) in [6, 6.07) is 22.9. The highest BCUT2D eigenvalue weighted by Crippen LogP contribution is 2.32. The minimum absolute atomic E-state index is 0.0482. The molecule has 3 saturated heterocycles. The molecular weight excluding hydrogens is 799 g/mol. The minimum atomic E-state index is -0.625. The molecule has 0 aliphatic carbocycles. The number of hydrogen-bond donors (Lipinski definition) is 2. The van der Waals surface area contributed by atoms with Crippen LogP contribution in [-0.2, 0) is 29.7 Å². The molecule has 9 rings (SSSR count). The first-order valence-electron chi connectivity index (χ1n) is 21.8. The molecule has 5 aromatic rings. The number of anilines is 2. The van der Waals surface area contributed by atoms with Crippen LogP contribution in [-0.4, -0.2) is 120 Å². The number of benzene rings is 3. The number of likely N-dealkylation sites (tertiary alicyclic amines) is 1. The van der Waals surface area contributed by atoms with Gasteiger partial charge in [-0.1, -0.05) is 31.2 Å². The molecule has 4 aliphatic rings. The van der Waals surface area contributed by atoms with Crippen LogP contribution in [0.1, 0.15) is 93.0 Å². The fourth-order valence-electron chi connectivity index (χ4n) is 9.14. The first-order chi connectivity index (χ1) is 30.6. The Morgan fingerprint density at radius 2 is 1.73 bits per heavy atom. The molecule has 3 aromatic carbocycles. The Kier molecular flexibility index (Phi) is 11.8. The van der Waals surface area contributed by atoms with E-state index in [1.807, 2.05) is 71.1 Å². The number of amides is 4. The van der Waals surface area contributed by atoms with Crippen molar-refractivity contribution < 1.29 is 24.0 Å². The molecule has 6 heterocycles. The van der Waals surface area contributed by atoms with Crippen LogP contribution in [0.4, 0.5) is 11.4 Å². The number of imide groups is 1. The van der Waals surface area contributed by atoms with E-state index in [9.17, 15) is 24.0 Å². The van der Waals surface area contributed by atoms with Crippen LogP contribution >= 0.6 is 0 Å². The summed E-state index contributed by atoms with van der Waals surface area (Å²) in [7, 11) is 1.89. The van der Waals surface area contributed by atoms with Gasteiger partial charge in [0.25, 0.3) is 11.8 Å². The molecule has 2 aromatic heterocycles. The van der Waals surface area contributed by atoms with Crippen molar-refractivity contribution in [3.05, 3.63) is 119 Å². The van der Waals surface area contributed by atoms with Crippen molar-refractivity contribution in [3.63, 3.8) is 0 Å². The quantitative estimate of drug-likeness (QED) is 0.119. The largest absolute Gasteiger partial charge is 0.378 e. The number of fused-ring (bicyclic) bond motifs is 1. The Morgan fingerprint density at radius 1 is 0.921 bits per heavy atom. The molecule has 0 saturated carbocycles. The van der Waals surface area contributed by atoms with Crippen molar-refractivity contribution in [1.82, 2.24) is 44.7 Å². The third-order valence-electron chi connectivity index (χ3n) is 13.0. The molecule has 324 valence electrons. The molecule has 4 amide bonds. The number of hydrogen-bond acceptors (Lipinski definition) is 12. The maximum absolute atomic E-state index is 13.6. The molecule has 2 N–H and O–H groups in total. The molecule has 0 radical (unpaired) electrons. The van der Waals surface area contributed by atoms with Gasteiger partial charge in [-0.15, -0.1) is 10.2 Å². The second-order valence-corrected chi connectivity index (χ2v) is 17.0. The van der Waals surface area contributed by atoms with Crippen LogP contribution in [0.5, 0.6) is 0 Å². The van der Waals surface area contributed by atoms with E-state index in [2.05, 4.69) is 59.7 Å². The van der Waals surface area contributed by atoms with Gasteiger partial charge < -0.3 is 24.6 Å². The Hall–Kier alpha value is -6.81. The lowest BCUT2D eigenvalue weighted by atomic mass is 9.92. The van der Waals surface area contributed by atoms with Crippen LogP contribution in [0.15, 0.2) is 85.3 Å². The molecule has 3 fully saturated rings. The lowest BCUT2D eigenvalue weighted by molar-refractivity contribution is -0.136. The maximum Gasteiger partial charge on any atom is 0.255 e. The Morgan fingerprint density at radius 3 is 2.52 bits per heavy atom. The van der Waals surface area contributed by atoms with Crippen LogP contribution in [0.25, 0.3) is 11.5 Å². The highest BCUT2D eigenvalue weighted by molar-refractivity contribution is 6.05. The second kappa shape index (κ2) is 17.9. The van der Waals surface area contributed by atoms with Crippen molar-refractivity contribution >= 4 is 40.8 Å². The van der Waals surface area contributed by atoms with Gasteiger partial charge in [0.05, 0.1) is 6.54 Å². The van der Waals surface area contributed by atoms with Gasteiger partial charge in [-0.3, -0.25) is 34.2 Å². The van der Waals surface area contributed by atoms with Gasteiger partial charge >= 0.3 is 0 Å². The second-order valence-electron chi connectivity index (χ2n) is 17.0. The van der Waals surface area contributed by atoms with Crippen LogP contribution in [0, 0.1) is 0 Å². The molecule has 63 heavy (non-hydrogen) atoms. The van der Waals surface area contributed by atoms with Gasteiger partial charge in [0.15, 0.2) is 17.4 Å². The third-order valence-corrected chi connectivity index (χ3v) is 13.0. The van der Waals surface area contributed by atoms with E-state index in [0.29, 0.717) is 73.3 Å². The van der Waals surface area contributed by atoms with Crippen LogP contribution in [0.3, 0.4) is 0 Å². The van der Waals surface area contributed by atoms with Gasteiger partial charge in [-0.25, -0.2) is 9.97 Å². The number of nitrogens with one attached hydrogen (secondary N) is 2. The highest BCUT2D eigenvalue weighted by Gasteiger charge is 2.40. The summed E-state index contributed by atoms with van der Waals surface area (Å²) < 4.78 is 1.88. The number of Topliss-reactive ketones (excluding diaryl/α,β-unsaturated/α-hetero) is 1. The molecule has 16 nitrogen and oxygen atoms in total. The number of piperazine rings is 1. The smallest absolute Gasteiger partial charge is 0.255 e. The molecule has 4 aliphatic heterocycles. The van der Waals surface area contributed by atoms with Crippen molar-refractivity contribution in [3.8, 4) is 11.5 Å². The van der Waals surface area contributed by atoms with Crippen LogP contribution in [0.2, 0.25) is 0 Å². The summed E-state index contributed by atoms with van der Waals surface area (Å²) in [6.07, 6.45) is 5.72. The number of aromatic nitrogens is 5. The molecule has 16 heteroatoms. The van der Waals surface area contributed by atoms with E-state index in [0.717, 1.165) is 67.3 Å². The standard InChI is InChI=1S/C47H51N11O5/c1-30(6-3-11-41(59)32-8-5-10-35(23-32)49-25-42-52-53-44(54(42)2)39-16-17-48-29-50-39)31-7-4-9-33(22-31)46(62)57-27-37(28-57)56-20-18-55(19-21-56)36-12-13-38-34(24-36)26-58(47(38)63)40-14-15-43(60)51-45(40)61/h4-5,7-10,12-13,16-17,22-24,29-30,37,40,49H,3,6,11,14-15,18-21,25-28H2,1-2H3,(H,51,60,61)/t30-,40?/m0/s1.